The van der Waals surface area contributed by atoms with Crippen molar-refractivity contribution >= 4 is 17.7 Å². The highest BCUT2D eigenvalue weighted by atomic mass is 32.2. The molecular formula is C12H20N6OS. The van der Waals surface area contributed by atoms with Gasteiger partial charge in [-0.25, -0.2) is 4.68 Å². The maximum absolute atomic E-state index is 11.6. The van der Waals surface area contributed by atoms with Crippen molar-refractivity contribution in [2.75, 3.05) is 12.3 Å². The van der Waals surface area contributed by atoms with Gasteiger partial charge in [0, 0.05) is 30.8 Å². The quantitative estimate of drug-likeness (QED) is 0.633. The summed E-state index contributed by atoms with van der Waals surface area (Å²) in [6.45, 7) is 1.67. The fourth-order valence-electron chi connectivity index (χ4n) is 1.86. The Bertz CT molecular complexity index is 457. The topological polar surface area (TPSA) is 84.7 Å². The lowest BCUT2D eigenvalue weighted by molar-refractivity contribution is -0.120. The lowest BCUT2D eigenvalue weighted by Crippen LogP contribution is -2.25. The number of aromatic nitrogens is 4. The summed E-state index contributed by atoms with van der Waals surface area (Å²) in [4.78, 5) is 11.6. The zero-order valence-corrected chi connectivity index (χ0v) is 12.2. The van der Waals surface area contributed by atoms with Gasteiger partial charge in [-0.1, -0.05) is 11.8 Å². The van der Waals surface area contributed by atoms with Gasteiger partial charge in [-0.3, -0.25) is 4.79 Å². The predicted octanol–water partition coefficient (Wildman–Crippen LogP) is 0.186. The van der Waals surface area contributed by atoms with Crippen molar-refractivity contribution in [3.8, 4) is 0 Å². The van der Waals surface area contributed by atoms with E-state index in [1.54, 1.807) is 16.4 Å². The van der Waals surface area contributed by atoms with Crippen molar-refractivity contribution in [1.82, 2.24) is 30.8 Å². The first-order chi connectivity index (χ1) is 9.81. The summed E-state index contributed by atoms with van der Waals surface area (Å²) in [5, 5.41) is 18.9. The fraction of sp³-hybridized carbons (Fsp3) is 0.833. The molecule has 0 radical (unpaired) electrons. The van der Waals surface area contributed by atoms with Crippen LogP contribution in [0, 0.1) is 0 Å². The molecule has 0 aromatic carbocycles. The molecule has 0 unspecified atom stereocenters. The van der Waals surface area contributed by atoms with E-state index in [-0.39, 0.29) is 5.91 Å². The molecule has 7 nitrogen and oxygen atoms in total. The normalized spacial score (nSPS) is 18.2. The Kier molecular flexibility index (Phi) is 4.51. The Morgan fingerprint density at radius 2 is 2.10 bits per heavy atom. The monoisotopic (exact) mass is 296 g/mol. The van der Waals surface area contributed by atoms with Crippen molar-refractivity contribution in [1.29, 1.82) is 0 Å². The molecule has 1 aromatic rings. The minimum absolute atomic E-state index is 0.134. The van der Waals surface area contributed by atoms with E-state index in [2.05, 4.69) is 26.2 Å². The molecule has 0 bridgehead atoms. The number of rotatable bonds is 9. The maximum atomic E-state index is 11.6. The van der Waals surface area contributed by atoms with Gasteiger partial charge < -0.3 is 10.6 Å². The lowest BCUT2D eigenvalue weighted by Gasteiger charge is -2.05. The molecule has 1 amide bonds. The van der Waals surface area contributed by atoms with Crippen LogP contribution in [0.5, 0.6) is 0 Å². The van der Waals surface area contributed by atoms with Crippen LogP contribution in [0.4, 0.5) is 0 Å². The van der Waals surface area contributed by atoms with Crippen LogP contribution in [-0.2, 0) is 11.3 Å². The van der Waals surface area contributed by atoms with E-state index in [1.165, 1.54) is 12.8 Å². The minimum atomic E-state index is 0.134. The van der Waals surface area contributed by atoms with Crippen LogP contribution in [0.3, 0.4) is 0 Å². The van der Waals surface area contributed by atoms with E-state index < -0.39 is 0 Å². The number of hydrogen-bond donors (Lipinski definition) is 2. The Morgan fingerprint density at radius 1 is 1.30 bits per heavy atom. The summed E-state index contributed by atoms with van der Waals surface area (Å²) in [7, 11) is 0. The number of hydrogen-bond acceptors (Lipinski definition) is 6. The molecular weight excluding hydrogens is 276 g/mol. The van der Waals surface area contributed by atoms with Crippen LogP contribution in [0.15, 0.2) is 5.16 Å². The molecule has 0 saturated heterocycles. The van der Waals surface area contributed by atoms with Crippen LogP contribution >= 0.6 is 11.8 Å². The first-order valence-corrected chi connectivity index (χ1v) is 8.21. The molecule has 0 aliphatic heterocycles. The molecule has 20 heavy (non-hydrogen) atoms. The van der Waals surface area contributed by atoms with Crippen LogP contribution in [0.2, 0.25) is 0 Å². The highest BCUT2D eigenvalue weighted by Gasteiger charge is 2.23. The Morgan fingerprint density at radius 3 is 2.85 bits per heavy atom. The number of nitrogens with one attached hydrogen (secondary N) is 2. The third-order valence-electron chi connectivity index (χ3n) is 3.34. The smallest absolute Gasteiger partial charge is 0.221 e. The number of thioether (sulfide) groups is 1. The Hall–Kier alpha value is -1.15. The molecule has 3 rings (SSSR count). The summed E-state index contributed by atoms with van der Waals surface area (Å²) in [6.07, 6.45) is 5.35. The number of amides is 1. The summed E-state index contributed by atoms with van der Waals surface area (Å²) in [6, 6.07) is 1.14. The average molecular weight is 296 g/mol. The second kappa shape index (κ2) is 6.53. The summed E-state index contributed by atoms with van der Waals surface area (Å²) >= 11 is 1.54. The van der Waals surface area contributed by atoms with Crippen LogP contribution in [0.25, 0.3) is 0 Å². The Labute approximate surface area is 122 Å². The standard InChI is InChI=1S/C12H20N6OS/c19-11(14-10-3-4-10)5-8-20-12-15-16-17-18(12)7-6-13-9-1-2-9/h9-10,13H,1-8H2,(H,14,19). The van der Waals surface area contributed by atoms with Gasteiger partial charge in [0.05, 0.1) is 6.54 Å². The maximum Gasteiger partial charge on any atom is 0.221 e. The van der Waals surface area contributed by atoms with Gasteiger partial charge in [-0.2, -0.15) is 0 Å². The third kappa shape index (κ3) is 4.45. The minimum Gasteiger partial charge on any atom is -0.353 e. The predicted molar refractivity (Wildman–Crippen MR) is 75.3 cm³/mol. The molecule has 110 valence electrons. The van der Waals surface area contributed by atoms with Crippen molar-refractivity contribution < 1.29 is 4.79 Å². The fourth-order valence-corrected chi connectivity index (χ4v) is 2.71. The van der Waals surface area contributed by atoms with Crippen molar-refractivity contribution in [2.45, 2.75) is 55.9 Å². The Balaban J connectivity index is 1.35. The van der Waals surface area contributed by atoms with Gasteiger partial charge in [0.1, 0.15) is 0 Å². The lowest BCUT2D eigenvalue weighted by atomic mass is 10.4. The zero-order valence-electron chi connectivity index (χ0n) is 11.4. The van der Waals surface area contributed by atoms with E-state index in [1.807, 2.05) is 0 Å². The number of carbonyl (C=O) groups excluding carboxylic acids is 1. The van der Waals surface area contributed by atoms with Gasteiger partial charge in [0.15, 0.2) is 0 Å². The van der Waals surface area contributed by atoms with Gasteiger partial charge in [0.25, 0.3) is 0 Å². The van der Waals surface area contributed by atoms with Gasteiger partial charge in [0.2, 0.25) is 11.1 Å². The van der Waals surface area contributed by atoms with Crippen LogP contribution in [0.1, 0.15) is 32.1 Å². The van der Waals surface area contributed by atoms with E-state index in [0.29, 0.717) is 18.5 Å². The molecule has 2 fully saturated rings. The molecule has 1 aromatic heterocycles. The molecule has 0 spiro atoms. The SMILES string of the molecule is O=C(CCSc1nnnn1CCNC1CC1)NC1CC1. The molecule has 8 heteroatoms. The average Bonchev–Trinajstić information content (AvgIpc) is 3.33. The van der Waals surface area contributed by atoms with E-state index in [9.17, 15) is 4.79 Å². The molecule has 1 heterocycles. The largest absolute Gasteiger partial charge is 0.353 e. The summed E-state index contributed by atoms with van der Waals surface area (Å²) < 4.78 is 1.80. The molecule has 2 N–H and O–H groups in total. The number of tetrazole rings is 1. The first kappa shape index (κ1) is 13.8. The first-order valence-electron chi connectivity index (χ1n) is 7.23. The molecule has 0 atom stereocenters. The number of nitrogens with zero attached hydrogens (tertiary/aromatic N) is 4. The molecule has 2 aliphatic rings. The summed E-state index contributed by atoms with van der Waals surface area (Å²) in [5.74, 6) is 0.851. The number of carbonyl (C=O) groups is 1. The second-order valence-electron chi connectivity index (χ2n) is 5.35. The molecule has 2 aliphatic carbocycles. The second-order valence-corrected chi connectivity index (χ2v) is 6.42. The van der Waals surface area contributed by atoms with Gasteiger partial charge >= 0.3 is 0 Å². The van der Waals surface area contributed by atoms with Crippen molar-refractivity contribution in [2.24, 2.45) is 0 Å². The van der Waals surface area contributed by atoms with E-state index in [0.717, 1.165) is 36.8 Å². The molecule has 2 saturated carbocycles. The van der Waals surface area contributed by atoms with Crippen LogP contribution in [-0.4, -0.2) is 50.5 Å². The van der Waals surface area contributed by atoms with Crippen molar-refractivity contribution in [3.63, 3.8) is 0 Å². The highest BCUT2D eigenvalue weighted by molar-refractivity contribution is 7.99. The van der Waals surface area contributed by atoms with E-state index >= 15 is 0 Å². The zero-order chi connectivity index (χ0) is 13.8. The van der Waals surface area contributed by atoms with Crippen LogP contribution < -0.4 is 10.6 Å². The van der Waals surface area contributed by atoms with Gasteiger partial charge in [-0.05, 0) is 36.1 Å². The third-order valence-corrected chi connectivity index (χ3v) is 4.29. The van der Waals surface area contributed by atoms with Crippen molar-refractivity contribution in [3.05, 3.63) is 0 Å². The summed E-state index contributed by atoms with van der Waals surface area (Å²) in [5.41, 5.74) is 0. The van der Waals surface area contributed by atoms with E-state index in [4.69, 9.17) is 0 Å². The highest BCUT2D eigenvalue weighted by Crippen LogP contribution is 2.20. The van der Waals surface area contributed by atoms with Gasteiger partial charge in [-0.15, -0.1) is 5.10 Å².